The molecular formula is C13H24N2O. The van der Waals surface area contributed by atoms with Crippen molar-refractivity contribution in [2.24, 2.45) is 5.41 Å². The van der Waals surface area contributed by atoms with E-state index in [-0.39, 0.29) is 11.0 Å². The van der Waals surface area contributed by atoms with Crippen LogP contribution in [-0.2, 0) is 4.74 Å². The predicted octanol–water partition coefficient (Wildman–Crippen LogP) is 1.19. The van der Waals surface area contributed by atoms with Crippen LogP contribution in [0.4, 0.5) is 0 Å². The highest BCUT2D eigenvalue weighted by molar-refractivity contribution is 5.13. The van der Waals surface area contributed by atoms with E-state index in [4.69, 9.17) is 4.74 Å². The average molecular weight is 224 g/mol. The number of rotatable bonds is 2. The molecule has 16 heavy (non-hydrogen) atoms. The van der Waals surface area contributed by atoms with Crippen LogP contribution in [0, 0.1) is 5.41 Å². The summed E-state index contributed by atoms with van der Waals surface area (Å²) < 4.78 is 5.88. The monoisotopic (exact) mass is 224 g/mol. The summed E-state index contributed by atoms with van der Waals surface area (Å²) in [6, 6.07) is 0.671. The Bertz CT molecular complexity index is 296. The maximum Gasteiger partial charge on any atom is 0.0983 e. The zero-order chi connectivity index (χ0) is 11.6. The van der Waals surface area contributed by atoms with Crippen LogP contribution in [0.25, 0.3) is 0 Å². The lowest BCUT2D eigenvalue weighted by atomic mass is 9.70. The Morgan fingerprint density at radius 1 is 1.19 bits per heavy atom. The Morgan fingerprint density at radius 2 is 1.75 bits per heavy atom. The number of nitrogens with zero attached hydrogens (tertiary/aromatic N) is 2. The first-order valence-electron chi connectivity index (χ1n) is 6.59. The molecule has 4 aliphatic rings. The van der Waals surface area contributed by atoms with Gasteiger partial charge in [-0.3, -0.25) is 9.80 Å². The van der Waals surface area contributed by atoms with Gasteiger partial charge in [0.2, 0.25) is 0 Å². The highest BCUT2D eigenvalue weighted by Crippen LogP contribution is 2.53. The summed E-state index contributed by atoms with van der Waals surface area (Å²) >= 11 is 0. The molecule has 92 valence electrons. The van der Waals surface area contributed by atoms with Gasteiger partial charge in [-0.1, -0.05) is 13.8 Å². The molecule has 4 saturated heterocycles. The molecule has 0 amide bonds. The topological polar surface area (TPSA) is 19.0 Å². The van der Waals surface area contributed by atoms with Crippen molar-refractivity contribution in [2.45, 2.75) is 45.4 Å². The van der Waals surface area contributed by atoms with Gasteiger partial charge in [0, 0.05) is 44.2 Å². The van der Waals surface area contributed by atoms with E-state index in [9.17, 15) is 0 Å². The fourth-order valence-electron chi connectivity index (χ4n) is 3.64. The number of piperazine rings is 3. The maximum absolute atomic E-state index is 5.88. The molecule has 0 aromatic carbocycles. The van der Waals surface area contributed by atoms with Crippen LogP contribution >= 0.6 is 0 Å². The first kappa shape index (κ1) is 11.0. The van der Waals surface area contributed by atoms with Crippen LogP contribution in [0.1, 0.15) is 27.7 Å². The third-order valence-electron chi connectivity index (χ3n) is 5.53. The highest BCUT2D eigenvalue weighted by atomic mass is 16.6. The minimum absolute atomic E-state index is 0.0935. The Kier molecular flexibility index (Phi) is 2.21. The van der Waals surface area contributed by atoms with E-state index in [1.807, 2.05) is 0 Å². The van der Waals surface area contributed by atoms with Gasteiger partial charge >= 0.3 is 0 Å². The molecular weight excluding hydrogens is 200 g/mol. The molecule has 0 aromatic heterocycles. The van der Waals surface area contributed by atoms with Gasteiger partial charge in [0.1, 0.15) is 0 Å². The van der Waals surface area contributed by atoms with Crippen LogP contribution in [0.3, 0.4) is 0 Å². The van der Waals surface area contributed by atoms with Gasteiger partial charge < -0.3 is 4.74 Å². The van der Waals surface area contributed by atoms with Gasteiger partial charge in [-0.15, -0.1) is 0 Å². The number of ether oxygens (including phenoxy) is 1. The van der Waals surface area contributed by atoms with Crippen LogP contribution in [-0.4, -0.2) is 60.3 Å². The molecule has 4 rings (SSSR count). The number of hydrogen-bond acceptors (Lipinski definition) is 3. The molecule has 3 unspecified atom stereocenters. The van der Waals surface area contributed by atoms with Crippen molar-refractivity contribution in [1.82, 2.24) is 9.80 Å². The van der Waals surface area contributed by atoms with Crippen LogP contribution in [0.15, 0.2) is 0 Å². The SMILES string of the molecule is CC1OC1(C)C(C)(C)C1CN2CCN1CC2. The molecule has 0 spiro atoms. The van der Waals surface area contributed by atoms with Gasteiger partial charge in [0.15, 0.2) is 0 Å². The summed E-state index contributed by atoms with van der Waals surface area (Å²) in [6.45, 7) is 15.5. The molecule has 0 aliphatic carbocycles. The van der Waals surface area contributed by atoms with Gasteiger partial charge in [0.25, 0.3) is 0 Å². The lowest BCUT2D eigenvalue weighted by molar-refractivity contribution is -0.0627. The van der Waals surface area contributed by atoms with Crippen molar-refractivity contribution in [3.05, 3.63) is 0 Å². The average Bonchev–Trinajstić information content (AvgIpc) is 2.90. The second-order valence-corrected chi connectivity index (χ2v) is 6.44. The van der Waals surface area contributed by atoms with Crippen molar-refractivity contribution in [3.8, 4) is 0 Å². The molecule has 4 fully saturated rings. The number of epoxide rings is 1. The van der Waals surface area contributed by atoms with E-state index in [1.165, 1.54) is 32.7 Å². The first-order valence-corrected chi connectivity index (χ1v) is 6.59. The van der Waals surface area contributed by atoms with E-state index in [0.29, 0.717) is 12.1 Å². The third kappa shape index (κ3) is 1.31. The quantitative estimate of drug-likeness (QED) is 0.657. The molecule has 2 bridgehead atoms. The Balaban J connectivity index is 1.82. The minimum Gasteiger partial charge on any atom is -0.366 e. The van der Waals surface area contributed by atoms with E-state index >= 15 is 0 Å². The van der Waals surface area contributed by atoms with E-state index in [0.717, 1.165) is 0 Å². The third-order valence-corrected chi connectivity index (χ3v) is 5.53. The van der Waals surface area contributed by atoms with Gasteiger partial charge in [0.05, 0.1) is 11.7 Å². The van der Waals surface area contributed by atoms with Crippen LogP contribution < -0.4 is 0 Å². The molecule has 3 heteroatoms. The lowest BCUT2D eigenvalue weighted by Gasteiger charge is -2.54. The predicted molar refractivity (Wildman–Crippen MR) is 64.5 cm³/mol. The fraction of sp³-hybridized carbons (Fsp3) is 1.00. The molecule has 4 aliphatic heterocycles. The molecule has 0 N–H and O–H groups in total. The summed E-state index contributed by atoms with van der Waals surface area (Å²) in [6.07, 6.45) is 0.430. The Labute approximate surface area is 98.7 Å². The van der Waals surface area contributed by atoms with Crippen molar-refractivity contribution < 1.29 is 4.74 Å². The van der Waals surface area contributed by atoms with Crippen molar-refractivity contribution in [2.75, 3.05) is 32.7 Å². The number of hydrogen-bond donors (Lipinski definition) is 0. The summed E-state index contributed by atoms with van der Waals surface area (Å²) in [4.78, 5) is 5.29. The smallest absolute Gasteiger partial charge is 0.0983 e. The zero-order valence-corrected chi connectivity index (χ0v) is 11.0. The standard InChI is InChI=1S/C13H24N2O/c1-10-13(4,16-10)12(2,3)11-9-14-5-7-15(11)8-6-14/h10-11H,5-9H2,1-4H3. The van der Waals surface area contributed by atoms with Crippen molar-refractivity contribution in [3.63, 3.8) is 0 Å². The van der Waals surface area contributed by atoms with Gasteiger partial charge in [-0.25, -0.2) is 0 Å². The van der Waals surface area contributed by atoms with E-state index < -0.39 is 0 Å². The second-order valence-electron chi connectivity index (χ2n) is 6.44. The van der Waals surface area contributed by atoms with Crippen molar-refractivity contribution in [1.29, 1.82) is 0 Å². The normalized spacial score (nSPS) is 51.8. The summed E-state index contributed by atoms with van der Waals surface area (Å²) in [7, 11) is 0. The van der Waals surface area contributed by atoms with Crippen LogP contribution in [0.2, 0.25) is 0 Å². The molecule has 0 radical (unpaired) electrons. The van der Waals surface area contributed by atoms with Gasteiger partial charge in [-0.05, 0) is 13.8 Å². The van der Waals surface area contributed by atoms with Gasteiger partial charge in [-0.2, -0.15) is 0 Å². The summed E-state index contributed by atoms with van der Waals surface area (Å²) in [5.41, 5.74) is 0.349. The summed E-state index contributed by atoms with van der Waals surface area (Å²) in [5.74, 6) is 0. The molecule has 0 aromatic rings. The molecule has 3 nitrogen and oxygen atoms in total. The largest absolute Gasteiger partial charge is 0.366 e. The number of fused-ring (bicyclic) bond motifs is 3. The molecule has 4 heterocycles. The highest BCUT2D eigenvalue weighted by Gasteiger charge is 2.63. The minimum atomic E-state index is 0.0935. The summed E-state index contributed by atoms with van der Waals surface area (Å²) in [5, 5.41) is 0. The van der Waals surface area contributed by atoms with E-state index in [2.05, 4.69) is 37.5 Å². The van der Waals surface area contributed by atoms with E-state index in [1.54, 1.807) is 0 Å². The first-order chi connectivity index (χ1) is 7.45. The lowest BCUT2D eigenvalue weighted by Crippen LogP contribution is -2.67. The second kappa shape index (κ2) is 3.21. The fourth-order valence-corrected chi connectivity index (χ4v) is 3.64. The Morgan fingerprint density at radius 3 is 2.12 bits per heavy atom. The zero-order valence-electron chi connectivity index (χ0n) is 11.0. The maximum atomic E-state index is 5.88. The Hall–Kier alpha value is -0.120. The van der Waals surface area contributed by atoms with Crippen LogP contribution in [0.5, 0.6) is 0 Å². The van der Waals surface area contributed by atoms with Crippen molar-refractivity contribution >= 4 is 0 Å². The molecule has 3 atom stereocenters. The molecule has 0 saturated carbocycles.